The van der Waals surface area contributed by atoms with E-state index in [0.29, 0.717) is 43.2 Å². The molecule has 0 saturated heterocycles. The molecule has 0 fully saturated rings. The number of nitrogens with one attached hydrogen (secondary N) is 2. The number of allylic oxidation sites excluding steroid dienone is 2. The summed E-state index contributed by atoms with van der Waals surface area (Å²) in [4.78, 5) is 25.7. The highest BCUT2D eigenvalue weighted by molar-refractivity contribution is 8.03. The van der Waals surface area contributed by atoms with Crippen molar-refractivity contribution in [1.82, 2.24) is 5.32 Å². The number of benzene rings is 2. The monoisotopic (exact) mass is 545 g/mol. The van der Waals surface area contributed by atoms with Crippen molar-refractivity contribution in [2.75, 3.05) is 31.4 Å². The molecule has 1 aliphatic heterocycles. The Morgan fingerprint density at radius 3 is 2.53 bits per heavy atom. The zero-order chi connectivity index (χ0) is 26.2. The van der Waals surface area contributed by atoms with Gasteiger partial charge in [0.25, 0.3) is 0 Å². The SMILES string of the molecule is COCCOC(=O)C1=C(C)NC(SCC(=O)Nc2cccc(Cl)c2C)=C(C#N)[C@@H]1c1ccc(Cl)cc1. The first-order valence-corrected chi connectivity index (χ1v) is 12.7. The van der Waals surface area contributed by atoms with Gasteiger partial charge in [0, 0.05) is 28.5 Å². The number of rotatable bonds is 9. The van der Waals surface area contributed by atoms with Crippen LogP contribution in [0.4, 0.5) is 5.69 Å². The van der Waals surface area contributed by atoms with Crippen LogP contribution < -0.4 is 10.6 Å². The first-order chi connectivity index (χ1) is 17.3. The molecule has 1 heterocycles. The molecule has 1 atom stereocenters. The Hall–Kier alpha value is -2.96. The van der Waals surface area contributed by atoms with Gasteiger partial charge >= 0.3 is 5.97 Å². The lowest BCUT2D eigenvalue weighted by atomic mass is 9.82. The summed E-state index contributed by atoms with van der Waals surface area (Å²) in [7, 11) is 1.51. The van der Waals surface area contributed by atoms with Crippen LogP contribution in [0.3, 0.4) is 0 Å². The topological polar surface area (TPSA) is 100 Å². The molecule has 2 aromatic rings. The maximum atomic E-state index is 13.0. The quantitative estimate of drug-likeness (QED) is 0.314. The molecule has 7 nitrogen and oxygen atoms in total. The minimum absolute atomic E-state index is 0.0354. The number of nitriles is 1. The van der Waals surface area contributed by atoms with Crippen molar-refractivity contribution in [3.63, 3.8) is 0 Å². The highest BCUT2D eigenvalue weighted by atomic mass is 35.5. The molecular formula is C26H25Cl2N3O4S. The second-order valence-corrected chi connectivity index (χ2v) is 9.71. The molecule has 2 aromatic carbocycles. The van der Waals surface area contributed by atoms with E-state index < -0.39 is 11.9 Å². The number of nitrogens with zero attached hydrogens (tertiary/aromatic N) is 1. The van der Waals surface area contributed by atoms with Crippen LogP contribution in [-0.4, -0.2) is 38.0 Å². The van der Waals surface area contributed by atoms with E-state index in [-0.39, 0.29) is 24.9 Å². The fraction of sp³-hybridized carbons (Fsp3) is 0.269. The van der Waals surface area contributed by atoms with Crippen LogP contribution in [-0.2, 0) is 19.1 Å². The Kier molecular flexibility index (Phi) is 9.85. The number of ether oxygens (including phenoxy) is 2. The average molecular weight is 546 g/mol. The number of anilines is 1. The van der Waals surface area contributed by atoms with Crippen LogP contribution >= 0.6 is 35.0 Å². The van der Waals surface area contributed by atoms with Gasteiger partial charge in [0.2, 0.25) is 5.91 Å². The number of hydrogen-bond acceptors (Lipinski definition) is 7. The molecule has 0 aromatic heterocycles. The van der Waals surface area contributed by atoms with Gasteiger partial charge in [-0.3, -0.25) is 4.79 Å². The fourth-order valence-electron chi connectivity index (χ4n) is 3.65. The standard InChI is InChI=1S/C26H25Cl2N3O4S/c1-15-20(28)5-4-6-21(15)31-22(32)14-36-25-19(13-29)24(17-7-9-18(27)10-8-17)23(16(2)30-25)26(33)35-12-11-34-3/h4-10,24,30H,11-12,14H2,1-3H3,(H,31,32)/t24-/m0/s1. The van der Waals surface area contributed by atoms with Crippen LogP contribution in [0.2, 0.25) is 10.0 Å². The normalized spacial score (nSPS) is 15.3. The molecule has 0 unspecified atom stereocenters. The minimum atomic E-state index is -0.690. The van der Waals surface area contributed by atoms with Crippen molar-refractivity contribution in [3.05, 3.63) is 85.5 Å². The molecule has 188 valence electrons. The van der Waals surface area contributed by atoms with Crippen molar-refractivity contribution >= 4 is 52.5 Å². The summed E-state index contributed by atoms with van der Waals surface area (Å²) >= 11 is 13.4. The lowest BCUT2D eigenvalue weighted by molar-refractivity contribution is -0.140. The molecule has 3 rings (SSSR count). The van der Waals surface area contributed by atoms with Gasteiger partial charge in [-0.2, -0.15) is 5.26 Å². The molecule has 0 bridgehead atoms. The highest BCUT2D eigenvalue weighted by Gasteiger charge is 2.35. The Bertz CT molecular complexity index is 1250. The number of amides is 1. The van der Waals surface area contributed by atoms with Crippen molar-refractivity contribution in [3.8, 4) is 6.07 Å². The first kappa shape index (κ1) is 27.6. The molecular weight excluding hydrogens is 521 g/mol. The number of carbonyl (C=O) groups excluding carboxylic acids is 2. The predicted octanol–water partition coefficient (Wildman–Crippen LogP) is 5.56. The first-order valence-electron chi connectivity index (χ1n) is 11.0. The zero-order valence-electron chi connectivity index (χ0n) is 20.0. The average Bonchev–Trinajstić information content (AvgIpc) is 2.85. The number of carbonyl (C=O) groups is 2. The number of dihydropyridines is 1. The molecule has 0 saturated carbocycles. The van der Waals surface area contributed by atoms with E-state index in [9.17, 15) is 14.9 Å². The lowest BCUT2D eigenvalue weighted by Crippen LogP contribution is -2.29. The maximum Gasteiger partial charge on any atom is 0.336 e. The third kappa shape index (κ3) is 6.62. The summed E-state index contributed by atoms with van der Waals surface area (Å²) in [5.41, 5.74) is 3.24. The third-order valence-corrected chi connectivity index (χ3v) is 7.16. The fourth-order valence-corrected chi connectivity index (χ4v) is 4.84. The molecule has 0 aliphatic carbocycles. The van der Waals surface area contributed by atoms with E-state index in [1.165, 1.54) is 18.9 Å². The van der Waals surface area contributed by atoms with Crippen LogP contribution in [0.15, 0.2) is 64.3 Å². The second kappa shape index (κ2) is 12.8. The lowest BCUT2D eigenvalue weighted by Gasteiger charge is -2.29. The number of esters is 1. The predicted molar refractivity (Wildman–Crippen MR) is 143 cm³/mol. The third-order valence-electron chi connectivity index (χ3n) is 5.48. The van der Waals surface area contributed by atoms with E-state index in [1.54, 1.807) is 49.4 Å². The molecule has 1 amide bonds. The number of methoxy groups -OCH3 is 1. The van der Waals surface area contributed by atoms with Crippen LogP contribution in [0.25, 0.3) is 0 Å². The van der Waals surface area contributed by atoms with Crippen LogP contribution in [0.5, 0.6) is 0 Å². The summed E-state index contributed by atoms with van der Waals surface area (Å²) in [5.74, 6) is -1.47. The van der Waals surface area contributed by atoms with Crippen molar-refractivity contribution < 1.29 is 19.1 Å². The van der Waals surface area contributed by atoms with Gasteiger partial charge < -0.3 is 20.1 Å². The van der Waals surface area contributed by atoms with Crippen molar-refractivity contribution in [2.45, 2.75) is 19.8 Å². The highest BCUT2D eigenvalue weighted by Crippen LogP contribution is 2.41. The Morgan fingerprint density at radius 1 is 1.14 bits per heavy atom. The van der Waals surface area contributed by atoms with E-state index in [2.05, 4.69) is 16.7 Å². The Balaban J connectivity index is 1.88. The molecule has 2 N–H and O–H groups in total. The van der Waals surface area contributed by atoms with E-state index in [1.807, 2.05) is 6.92 Å². The summed E-state index contributed by atoms with van der Waals surface area (Å²) in [6, 6.07) is 14.4. The van der Waals surface area contributed by atoms with E-state index in [4.69, 9.17) is 32.7 Å². The van der Waals surface area contributed by atoms with Gasteiger partial charge in [-0.1, -0.05) is 53.2 Å². The van der Waals surface area contributed by atoms with Gasteiger partial charge in [-0.05, 0) is 49.2 Å². The summed E-state index contributed by atoms with van der Waals surface area (Å²) < 4.78 is 10.3. The number of thioether (sulfide) groups is 1. The Morgan fingerprint density at radius 2 is 1.86 bits per heavy atom. The van der Waals surface area contributed by atoms with Gasteiger partial charge in [-0.25, -0.2) is 4.79 Å². The summed E-state index contributed by atoms with van der Waals surface area (Å²) in [6.07, 6.45) is 0. The second-order valence-electron chi connectivity index (χ2n) is 7.88. The van der Waals surface area contributed by atoms with Crippen LogP contribution in [0, 0.1) is 18.3 Å². The summed E-state index contributed by atoms with van der Waals surface area (Å²) in [6.45, 7) is 3.89. The minimum Gasteiger partial charge on any atom is -0.460 e. The summed E-state index contributed by atoms with van der Waals surface area (Å²) in [5, 5.41) is 17.7. The molecule has 10 heteroatoms. The molecule has 0 radical (unpaired) electrons. The van der Waals surface area contributed by atoms with E-state index >= 15 is 0 Å². The molecule has 0 spiro atoms. The van der Waals surface area contributed by atoms with Crippen molar-refractivity contribution in [1.29, 1.82) is 5.26 Å². The van der Waals surface area contributed by atoms with Crippen LogP contribution in [0.1, 0.15) is 24.0 Å². The number of hydrogen-bond donors (Lipinski definition) is 2. The maximum absolute atomic E-state index is 13.0. The number of halogens is 2. The van der Waals surface area contributed by atoms with Gasteiger partial charge in [0.15, 0.2) is 0 Å². The molecule has 36 heavy (non-hydrogen) atoms. The van der Waals surface area contributed by atoms with Crippen molar-refractivity contribution in [2.24, 2.45) is 0 Å². The van der Waals surface area contributed by atoms with E-state index in [0.717, 1.165) is 5.56 Å². The van der Waals surface area contributed by atoms with Gasteiger partial charge in [0.05, 0.1) is 40.5 Å². The smallest absolute Gasteiger partial charge is 0.336 e. The zero-order valence-corrected chi connectivity index (χ0v) is 22.3. The largest absolute Gasteiger partial charge is 0.460 e. The Labute approximate surface area is 224 Å². The van der Waals surface area contributed by atoms with Gasteiger partial charge in [-0.15, -0.1) is 0 Å². The van der Waals surface area contributed by atoms with Gasteiger partial charge in [0.1, 0.15) is 6.61 Å². The molecule has 1 aliphatic rings.